The van der Waals surface area contributed by atoms with Crippen LogP contribution in [-0.2, 0) is 36.9 Å². The highest BCUT2D eigenvalue weighted by Crippen LogP contribution is 2.58. The maximum absolute atomic E-state index is 16.1. The molecule has 4 aromatic heterocycles. The molecule has 46 heavy (non-hydrogen) atoms. The summed E-state index contributed by atoms with van der Waals surface area (Å²) in [5.41, 5.74) is 11.4. The van der Waals surface area contributed by atoms with Crippen LogP contribution in [0.3, 0.4) is 0 Å². The summed E-state index contributed by atoms with van der Waals surface area (Å²) in [5.74, 6) is -0.123. The zero-order chi connectivity index (χ0) is 32.5. The smallest absolute Gasteiger partial charge is 0.382 e. The van der Waals surface area contributed by atoms with Crippen molar-refractivity contribution >= 4 is 72.1 Å². The minimum Gasteiger partial charge on any atom is -0.382 e. The summed E-state index contributed by atoms with van der Waals surface area (Å²) in [6.07, 6.45) is -5.32. The molecule has 10 unspecified atom stereocenters. The highest BCUT2D eigenvalue weighted by Gasteiger charge is 2.53. The number of nitrogens with one attached hydrogen (secondary N) is 2. The summed E-state index contributed by atoms with van der Waals surface area (Å²) in [6, 6.07) is -1.37. The van der Waals surface area contributed by atoms with E-state index in [0.717, 1.165) is 0 Å². The standard InChI is InChI=1S/C21H26FN11O9P2S2/c1-37-13-8-3-38-43(35,45)31-10-7(40-19(9(10)22)32-5-27-11-15(23)25-4-26-16(11)32)2-39-44(36,46)42-14(13)20(41-8)33-6-28-12-17(33)29-21(24)30-18(12)34/h4-10,13-14,19-20H,2-3H2,1H3,(H,36,46)(H2,23,25,26)(H2,31,35,45)(H3,24,29,30,34). The SMILES string of the molecule is COC1C2COP(=O)(S)NC3C(COP(=O)(S)OC1C(n1cnc4c(=O)[nH]c(N)nc41)O2)OC(n1cnc2c(N)ncnc21)C3F. The lowest BCUT2D eigenvalue weighted by atomic mass is 10.1. The van der Waals surface area contributed by atoms with Crippen molar-refractivity contribution in [3.8, 4) is 0 Å². The van der Waals surface area contributed by atoms with Crippen LogP contribution in [0.1, 0.15) is 12.5 Å². The van der Waals surface area contributed by atoms with Gasteiger partial charge in [0.1, 0.15) is 36.3 Å². The molecule has 0 aromatic carbocycles. The normalized spacial score (nSPS) is 37.1. The number of H-pyrrole nitrogens is 1. The van der Waals surface area contributed by atoms with Gasteiger partial charge < -0.3 is 30.2 Å². The number of alkyl halides is 1. The molecule has 7 rings (SSSR count). The summed E-state index contributed by atoms with van der Waals surface area (Å²) < 4.78 is 80.9. The first-order chi connectivity index (χ1) is 21.9. The lowest BCUT2D eigenvalue weighted by Crippen LogP contribution is -2.42. The van der Waals surface area contributed by atoms with E-state index in [1.807, 2.05) is 0 Å². The van der Waals surface area contributed by atoms with Gasteiger partial charge in [-0.15, -0.1) is 0 Å². The molecule has 4 aromatic rings. The van der Waals surface area contributed by atoms with Crippen molar-refractivity contribution in [1.29, 1.82) is 0 Å². The first-order valence-corrected chi connectivity index (χ1v) is 18.9. The predicted molar refractivity (Wildman–Crippen MR) is 163 cm³/mol. The molecule has 10 atom stereocenters. The number of hydrogen-bond donors (Lipinski definition) is 6. The molecule has 0 saturated carbocycles. The third kappa shape index (κ3) is 5.62. The Kier molecular flexibility index (Phi) is 8.16. The summed E-state index contributed by atoms with van der Waals surface area (Å²) in [7, 11) is 1.33. The fourth-order valence-corrected chi connectivity index (χ4v) is 8.80. The van der Waals surface area contributed by atoms with Gasteiger partial charge in [0.2, 0.25) is 5.95 Å². The Morgan fingerprint density at radius 1 is 1.00 bits per heavy atom. The van der Waals surface area contributed by atoms with E-state index >= 15 is 4.39 Å². The Morgan fingerprint density at radius 3 is 2.46 bits per heavy atom. The first kappa shape index (κ1) is 31.9. The Labute approximate surface area is 267 Å². The largest absolute Gasteiger partial charge is 0.386 e. The lowest BCUT2D eigenvalue weighted by molar-refractivity contribution is -0.0501. The number of aromatic nitrogens is 8. The second-order valence-electron chi connectivity index (χ2n) is 10.4. The zero-order valence-electron chi connectivity index (χ0n) is 23.4. The number of nitrogens with two attached hydrogens (primary N) is 2. The van der Waals surface area contributed by atoms with Crippen LogP contribution in [0.15, 0.2) is 23.8 Å². The van der Waals surface area contributed by atoms with Crippen molar-refractivity contribution in [1.82, 2.24) is 44.1 Å². The molecule has 2 bridgehead atoms. The fraction of sp³-hybridized carbons (Fsp3) is 0.524. The molecular weight excluding hydrogens is 695 g/mol. The molecular formula is C21H26FN11O9P2S2. The summed E-state index contributed by atoms with van der Waals surface area (Å²) in [5, 5.41) is 2.59. The van der Waals surface area contributed by atoms with Crippen LogP contribution in [0.4, 0.5) is 16.2 Å². The van der Waals surface area contributed by atoms with E-state index in [1.54, 1.807) is 0 Å². The van der Waals surface area contributed by atoms with Gasteiger partial charge in [0.15, 0.2) is 41.3 Å². The van der Waals surface area contributed by atoms with E-state index in [1.165, 1.54) is 35.2 Å². The van der Waals surface area contributed by atoms with E-state index < -0.39 is 81.4 Å². The topological polar surface area (TPSA) is 261 Å². The summed E-state index contributed by atoms with van der Waals surface area (Å²) >= 11 is 8.33. The van der Waals surface area contributed by atoms with Crippen LogP contribution >= 0.6 is 38.0 Å². The van der Waals surface area contributed by atoms with Gasteiger partial charge in [0, 0.05) is 7.11 Å². The van der Waals surface area contributed by atoms with Crippen molar-refractivity contribution in [2.45, 2.75) is 49.1 Å². The Hall–Kier alpha value is -2.69. The van der Waals surface area contributed by atoms with Gasteiger partial charge in [0.25, 0.3) is 5.56 Å². The quantitative estimate of drug-likeness (QED) is 0.126. The van der Waals surface area contributed by atoms with Crippen LogP contribution < -0.4 is 22.1 Å². The molecule has 25 heteroatoms. The number of halogens is 1. The molecule has 3 aliphatic rings. The Balaban J connectivity index is 1.22. The van der Waals surface area contributed by atoms with Gasteiger partial charge in [-0.2, -0.15) is 4.98 Å². The van der Waals surface area contributed by atoms with Crippen LogP contribution in [0.5, 0.6) is 0 Å². The van der Waals surface area contributed by atoms with E-state index in [0.29, 0.717) is 0 Å². The molecule has 3 aliphatic heterocycles. The molecule has 0 radical (unpaired) electrons. The molecule has 248 valence electrons. The van der Waals surface area contributed by atoms with Crippen molar-refractivity contribution in [3.05, 3.63) is 29.3 Å². The number of methoxy groups -OCH3 is 1. The van der Waals surface area contributed by atoms with Crippen LogP contribution in [-0.4, -0.2) is 96.0 Å². The van der Waals surface area contributed by atoms with E-state index in [-0.39, 0.29) is 34.1 Å². The number of anilines is 2. The van der Waals surface area contributed by atoms with E-state index in [2.05, 4.69) is 59.5 Å². The molecule has 0 aliphatic carbocycles. The number of aromatic amines is 1. The number of thiol groups is 2. The number of fused-ring (bicyclic) bond motifs is 5. The molecule has 3 fully saturated rings. The van der Waals surface area contributed by atoms with Gasteiger partial charge in [-0.05, 0) is 0 Å². The third-order valence-corrected chi connectivity index (χ3v) is 11.1. The first-order valence-electron chi connectivity index (χ1n) is 13.4. The minimum absolute atomic E-state index is 0.0233. The van der Waals surface area contributed by atoms with Crippen LogP contribution in [0.25, 0.3) is 22.3 Å². The average Bonchev–Trinajstić information content (AvgIpc) is 3.75. The lowest BCUT2D eigenvalue weighted by Gasteiger charge is -2.27. The van der Waals surface area contributed by atoms with Crippen LogP contribution in [0.2, 0.25) is 0 Å². The van der Waals surface area contributed by atoms with Gasteiger partial charge in [0.05, 0.1) is 31.9 Å². The summed E-state index contributed by atoms with van der Waals surface area (Å²) in [4.78, 5) is 35.1. The van der Waals surface area contributed by atoms with Crippen LogP contribution in [0, 0.1) is 0 Å². The van der Waals surface area contributed by atoms with Crippen molar-refractivity contribution in [2.75, 3.05) is 31.8 Å². The van der Waals surface area contributed by atoms with E-state index in [9.17, 15) is 13.9 Å². The zero-order valence-corrected chi connectivity index (χ0v) is 27.0. The van der Waals surface area contributed by atoms with Gasteiger partial charge in [-0.25, -0.2) is 34.0 Å². The number of hydrogen-bond acceptors (Lipinski definition) is 16. The number of imidazole rings is 2. The Morgan fingerprint density at radius 2 is 1.70 bits per heavy atom. The van der Waals surface area contributed by atoms with Crippen molar-refractivity contribution in [2.24, 2.45) is 0 Å². The molecule has 20 nitrogen and oxygen atoms in total. The number of nitrogens with zero attached hydrogens (tertiary/aromatic N) is 7. The summed E-state index contributed by atoms with van der Waals surface area (Å²) in [6.45, 7) is -9.42. The van der Waals surface area contributed by atoms with Gasteiger partial charge >= 0.3 is 13.5 Å². The monoisotopic (exact) mass is 721 g/mol. The number of rotatable bonds is 3. The van der Waals surface area contributed by atoms with Gasteiger partial charge in [-0.1, -0.05) is 24.5 Å². The molecule has 0 amide bonds. The average molecular weight is 722 g/mol. The third-order valence-electron chi connectivity index (χ3n) is 7.66. The van der Waals surface area contributed by atoms with Crippen molar-refractivity contribution in [3.63, 3.8) is 0 Å². The second kappa shape index (κ2) is 11.8. The minimum atomic E-state index is -4.32. The van der Waals surface area contributed by atoms with E-state index in [4.69, 9.17) is 39.2 Å². The maximum atomic E-state index is 16.1. The number of ether oxygens (including phenoxy) is 3. The van der Waals surface area contributed by atoms with Gasteiger partial charge in [-0.3, -0.25) is 32.5 Å². The molecule has 0 spiro atoms. The molecule has 6 N–H and O–H groups in total. The second-order valence-corrected chi connectivity index (χ2v) is 16.5. The predicted octanol–water partition coefficient (Wildman–Crippen LogP) is 0.738. The number of nitrogen functional groups attached to an aromatic ring is 2. The molecule has 7 heterocycles. The maximum Gasteiger partial charge on any atom is 0.386 e. The fourth-order valence-electron chi connectivity index (χ4n) is 5.64. The Bertz CT molecular complexity index is 1970. The highest BCUT2D eigenvalue weighted by molar-refractivity contribution is 8.45. The highest BCUT2D eigenvalue weighted by atomic mass is 32.7. The molecule has 3 saturated heterocycles. The van der Waals surface area contributed by atoms with Crippen molar-refractivity contribution < 1.29 is 41.3 Å².